The maximum Gasteiger partial charge on any atom is 0.232 e. The molecule has 4 aromatic rings. The van der Waals surface area contributed by atoms with E-state index in [0.29, 0.717) is 0 Å². The standard InChI is InChI=1S/C26H29N5O2/c1-31-11-9-17(10-12-31)24(18-5-3-6-20(13-18)33-2)26(32)30-23-8-4-7-21-22(16-27-25(21)23)19-14-28-29-15-19/h3-8,13-17,24,27H,9-12H2,1-2H3,(H,28,29)(H,30,32)/t24-/m1/s1. The van der Waals surface area contributed by atoms with Crippen LogP contribution in [0.3, 0.4) is 0 Å². The lowest BCUT2D eigenvalue weighted by Crippen LogP contribution is -2.36. The van der Waals surface area contributed by atoms with Crippen LogP contribution in [0.15, 0.2) is 61.1 Å². The fourth-order valence-electron chi connectivity index (χ4n) is 4.94. The Morgan fingerprint density at radius 1 is 1.18 bits per heavy atom. The second kappa shape index (κ2) is 9.11. The minimum atomic E-state index is -0.243. The summed E-state index contributed by atoms with van der Waals surface area (Å²) in [6.07, 6.45) is 7.60. The van der Waals surface area contributed by atoms with Crippen molar-refractivity contribution in [1.29, 1.82) is 0 Å². The zero-order chi connectivity index (χ0) is 22.8. The number of aromatic amines is 2. The van der Waals surface area contributed by atoms with Gasteiger partial charge >= 0.3 is 0 Å². The van der Waals surface area contributed by atoms with Crippen LogP contribution in [0.1, 0.15) is 24.3 Å². The number of anilines is 1. The first-order valence-electron chi connectivity index (χ1n) is 11.4. The molecule has 0 aliphatic carbocycles. The number of likely N-dealkylation sites (tertiary alicyclic amines) is 1. The Labute approximate surface area is 193 Å². The number of carbonyl (C=O) groups excluding carboxylic acids is 1. The van der Waals surface area contributed by atoms with Crippen molar-refractivity contribution in [2.45, 2.75) is 18.8 Å². The first kappa shape index (κ1) is 21.3. The molecule has 3 heterocycles. The summed E-state index contributed by atoms with van der Waals surface area (Å²) in [6, 6.07) is 13.9. The van der Waals surface area contributed by atoms with Gasteiger partial charge in [-0.15, -0.1) is 0 Å². The number of carbonyl (C=O) groups is 1. The van der Waals surface area contributed by atoms with Gasteiger partial charge in [0.05, 0.1) is 30.4 Å². The van der Waals surface area contributed by atoms with Crippen LogP contribution in [-0.2, 0) is 4.79 Å². The highest BCUT2D eigenvalue weighted by Gasteiger charge is 2.32. The average Bonchev–Trinajstić information content (AvgIpc) is 3.51. The number of hydrogen-bond donors (Lipinski definition) is 3. The van der Waals surface area contributed by atoms with Gasteiger partial charge in [0.25, 0.3) is 0 Å². The zero-order valence-electron chi connectivity index (χ0n) is 19.0. The average molecular weight is 444 g/mol. The number of nitrogens with zero attached hydrogens (tertiary/aromatic N) is 2. The van der Waals surface area contributed by atoms with E-state index in [1.807, 2.05) is 48.8 Å². The smallest absolute Gasteiger partial charge is 0.232 e. The number of amides is 1. The monoisotopic (exact) mass is 443 g/mol. The number of piperidine rings is 1. The molecule has 0 unspecified atom stereocenters. The molecule has 7 nitrogen and oxygen atoms in total. The Morgan fingerprint density at radius 3 is 2.76 bits per heavy atom. The van der Waals surface area contributed by atoms with E-state index < -0.39 is 0 Å². The van der Waals surface area contributed by atoms with Gasteiger partial charge in [0.1, 0.15) is 5.75 Å². The lowest BCUT2D eigenvalue weighted by atomic mass is 9.79. The first-order chi connectivity index (χ1) is 16.1. The summed E-state index contributed by atoms with van der Waals surface area (Å²) in [7, 11) is 3.80. The van der Waals surface area contributed by atoms with Crippen LogP contribution in [0.25, 0.3) is 22.0 Å². The van der Waals surface area contributed by atoms with Gasteiger partial charge in [0.15, 0.2) is 0 Å². The molecule has 0 bridgehead atoms. The minimum Gasteiger partial charge on any atom is -0.497 e. The number of hydrogen-bond acceptors (Lipinski definition) is 4. The Balaban J connectivity index is 1.48. The van der Waals surface area contributed by atoms with Crippen molar-refractivity contribution in [2.75, 3.05) is 32.6 Å². The van der Waals surface area contributed by atoms with Gasteiger partial charge in [-0.1, -0.05) is 24.3 Å². The van der Waals surface area contributed by atoms with Crippen LogP contribution in [0, 0.1) is 5.92 Å². The van der Waals surface area contributed by atoms with Gasteiger partial charge in [0.2, 0.25) is 5.91 Å². The maximum absolute atomic E-state index is 13.8. The molecule has 7 heteroatoms. The van der Waals surface area contributed by atoms with E-state index in [1.54, 1.807) is 13.3 Å². The van der Waals surface area contributed by atoms with E-state index in [0.717, 1.165) is 65.0 Å². The quantitative estimate of drug-likeness (QED) is 0.406. The second-order valence-corrected chi connectivity index (χ2v) is 8.80. The molecule has 33 heavy (non-hydrogen) atoms. The number of aromatic nitrogens is 3. The van der Waals surface area contributed by atoms with Gasteiger partial charge in [-0.2, -0.15) is 5.10 Å². The lowest BCUT2D eigenvalue weighted by Gasteiger charge is -2.34. The number of benzene rings is 2. The van der Waals surface area contributed by atoms with Gasteiger partial charge in [-0.3, -0.25) is 9.89 Å². The van der Waals surface area contributed by atoms with Crippen molar-refractivity contribution in [3.8, 4) is 16.9 Å². The van der Waals surface area contributed by atoms with Crippen molar-refractivity contribution in [1.82, 2.24) is 20.1 Å². The molecule has 1 amide bonds. The van der Waals surface area contributed by atoms with E-state index in [9.17, 15) is 4.79 Å². The molecule has 170 valence electrons. The van der Waals surface area contributed by atoms with Crippen LogP contribution in [0.5, 0.6) is 5.75 Å². The topological polar surface area (TPSA) is 86.0 Å². The highest BCUT2D eigenvalue weighted by atomic mass is 16.5. The molecule has 1 saturated heterocycles. The molecule has 1 fully saturated rings. The number of nitrogens with one attached hydrogen (secondary N) is 3. The first-order valence-corrected chi connectivity index (χ1v) is 11.4. The van der Waals surface area contributed by atoms with Crippen molar-refractivity contribution in [3.63, 3.8) is 0 Å². The van der Waals surface area contributed by atoms with Crippen LogP contribution in [-0.4, -0.2) is 53.2 Å². The molecule has 2 aromatic heterocycles. The normalized spacial score (nSPS) is 16.1. The highest BCUT2D eigenvalue weighted by molar-refractivity contribution is 6.07. The van der Waals surface area contributed by atoms with E-state index in [-0.39, 0.29) is 17.7 Å². The number of fused-ring (bicyclic) bond motifs is 1. The number of methoxy groups -OCH3 is 1. The van der Waals surface area contributed by atoms with Gasteiger partial charge < -0.3 is 19.9 Å². The number of H-pyrrole nitrogens is 2. The van der Waals surface area contributed by atoms with Crippen molar-refractivity contribution >= 4 is 22.5 Å². The number of ether oxygens (including phenoxy) is 1. The fraction of sp³-hybridized carbons (Fsp3) is 0.308. The van der Waals surface area contributed by atoms with Gasteiger partial charge in [-0.05, 0) is 62.7 Å². The Hall–Kier alpha value is -3.58. The molecule has 3 N–H and O–H groups in total. The molecular weight excluding hydrogens is 414 g/mol. The third-order valence-corrected chi connectivity index (χ3v) is 6.75. The summed E-state index contributed by atoms with van der Waals surface area (Å²) in [6.45, 7) is 2.00. The molecule has 1 atom stereocenters. The van der Waals surface area contributed by atoms with Crippen LogP contribution in [0.4, 0.5) is 5.69 Å². The number of para-hydroxylation sites is 1. The third-order valence-electron chi connectivity index (χ3n) is 6.75. The third kappa shape index (κ3) is 4.24. The Morgan fingerprint density at radius 2 is 2.00 bits per heavy atom. The zero-order valence-corrected chi connectivity index (χ0v) is 19.0. The van der Waals surface area contributed by atoms with Crippen LogP contribution >= 0.6 is 0 Å². The summed E-state index contributed by atoms with van der Waals surface area (Å²) in [5, 5.41) is 11.2. The molecule has 2 aromatic carbocycles. The predicted molar refractivity (Wildman–Crippen MR) is 130 cm³/mol. The maximum atomic E-state index is 13.8. The summed E-state index contributed by atoms with van der Waals surface area (Å²) < 4.78 is 5.45. The fourth-order valence-corrected chi connectivity index (χ4v) is 4.94. The van der Waals surface area contributed by atoms with Crippen LogP contribution in [0.2, 0.25) is 0 Å². The van der Waals surface area contributed by atoms with Crippen molar-refractivity contribution in [2.24, 2.45) is 5.92 Å². The van der Waals surface area contributed by atoms with E-state index in [2.05, 4.69) is 38.5 Å². The van der Waals surface area contributed by atoms with Crippen LogP contribution < -0.4 is 10.1 Å². The molecule has 1 aliphatic rings. The largest absolute Gasteiger partial charge is 0.497 e. The van der Waals surface area contributed by atoms with E-state index >= 15 is 0 Å². The Bertz CT molecular complexity index is 1240. The summed E-state index contributed by atoms with van der Waals surface area (Å²) >= 11 is 0. The Kier molecular flexibility index (Phi) is 5.88. The van der Waals surface area contributed by atoms with Crippen molar-refractivity contribution in [3.05, 3.63) is 66.6 Å². The molecule has 1 aliphatic heterocycles. The van der Waals surface area contributed by atoms with Gasteiger partial charge in [0, 0.05) is 28.9 Å². The summed E-state index contributed by atoms with van der Waals surface area (Å²) in [4.78, 5) is 19.5. The molecule has 0 spiro atoms. The molecule has 5 rings (SSSR count). The molecular formula is C26H29N5O2. The minimum absolute atomic E-state index is 0.0183. The SMILES string of the molecule is COc1cccc([C@H](C(=O)Nc2cccc3c(-c4cn[nH]c4)c[nH]c23)C2CCN(C)CC2)c1. The van der Waals surface area contributed by atoms with Gasteiger partial charge in [-0.25, -0.2) is 0 Å². The predicted octanol–water partition coefficient (Wildman–Crippen LogP) is 4.63. The molecule has 0 saturated carbocycles. The van der Waals surface area contributed by atoms with E-state index in [1.165, 1.54) is 0 Å². The lowest BCUT2D eigenvalue weighted by molar-refractivity contribution is -0.119. The van der Waals surface area contributed by atoms with E-state index in [4.69, 9.17) is 4.74 Å². The van der Waals surface area contributed by atoms with Crippen molar-refractivity contribution < 1.29 is 9.53 Å². The molecule has 0 radical (unpaired) electrons. The highest BCUT2D eigenvalue weighted by Crippen LogP contribution is 2.37. The summed E-state index contributed by atoms with van der Waals surface area (Å²) in [5.41, 5.74) is 4.75. The second-order valence-electron chi connectivity index (χ2n) is 8.80. The summed E-state index contributed by atoms with van der Waals surface area (Å²) in [5.74, 6) is 0.823. The number of rotatable bonds is 6.